The van der Waals surface area contributed by atoms with Crippen LogP contribution in [0.25, 0.3) is 22.4 Å². The van der Waals surface area contributed by atoms with Crippen molar-refractivity contribution >= 4 is 46.0 Å². The lowest BCUT2D eigenvalue weighted by molar-refractivity contribution is -0.113. The maximum Gasteiger partial charge on any atom is 0.277 e. The molecular weight excluding hydrogens is 440 g/mol. The third-order valence-electron chi connectivity index (χ3n) is 4.69. The number of hydrogen-bond donors (Lipinski definition) is 2. The molecule has 0 radical (unpaired) electrons. The molecule has 32 heavy (non-hydrogen) atoms. The minimum Gasteiger partial charge on any atom is -0.411 e. The van der Waals surface area contributed by atoms with Gasteiger partial charge in [-0.15, -0.1) is 10.2 Å². The molecule has 0 aliphatic carbocycles. The topological polar surface area (TPSA) is 83.8 Å². The normalized spacial score (nSPS) is 11.0. The van der Waals surface area contributed by atoms with Gasteiger partial charge in [-0.25, -0.2) is 0 Å². The van der Waals surface area contributed by atoms with Crippen molar-refractivity contribution in [1.82, 2.24) is 15.2 Å². The lowest BCUT2D eigenvalue weighted by atomic mass is 10.2. The molecule has 158 valence electrons. The van der Waals surface area contributed by atoms with Crippen LogP contribution in [-0.4, -0.2) is 26.8 Å². The summed E-state index contributed by atoms with van der Waals surface area (Å²) in [5, 5.41) is 12.6. The lowest BCUT2D eigenvalue weighted by Gasteiger charge is -2.10. The van der Waals surface area contributed by atoms with Gasteiger partial charge in [0.1, 0.15) is 0 Å². The molecule has 0 saturated carbocycles. The van der Waals surface area contributed by atoms with E-state index < -0.39 is 0 Å². The minimum atomic E-state index is -0.136. The van der Waals surface area contributed by atoms with Crippen molar-refractivity contribution in [1.29, 1.82) is 0 Å². The monoisotopic (exact) mass is 458 g/mol. The van der Waals surface area contributed by atoms with Crippen LogP contribution in [0.4, 0.5) is 5.69 Å². The quantitative estimate of drug-likeness (QED) is 0.287. The number of anilines is 1. The molecule has 5 rings (SSSR count). The van der Waals surface area contributed by atoms with Crippen molar-refractivity contribution in [2.75, 3.05) is 11.1 Å². The standard InChI is InChI=1S/C24H18N4O2S2/c29-22(26-20-12-6-7-13-21(20)32-16-8-2-1-3-9-16)15-31-24-28-27-23(30-24)18-14-25-19-11-5-4-10-17(18)19/h1-14,25H,15H2,(H,26,29). The number of hydrogen-bond acceptors (Lipinski definition) is 6. The van der Waals surface area contributed by atoms with E-state index in [2.05, 4.69) is 20.5 Å². The van der Waals surface area contributed by atoms with Crippen LogP contribution < -0.4 is 5.32 Å². The molecule has 0 saturated heterocycles. The molecule has 5 aromatic rings. The first-order valence-corrected chi connectivity index (χ1v) is 11.7. The van der Waals surface area contributed by atoms with Crippen LogP contribution in [0.5, 0.6) is 0 Å². The van der Waals surface area contributed by atoms with E-state index in [-0.39, 0.29) is 11.7 Å². The second-order valence-corrected chi connectivity index (χ2v) is 8.91. The van der Waals surface area contributed by atoms with Crippen LogP contribution >= 0.6 is 23.5 Å². The smallest absolute Gasteiger partial charge is 0.277 e. The second-order valence-electron chi connectivity index (χ2n) is 6.87. The molecule has 0 aliphatic rings. The van der Waals surface area contributed by atoms with Gasteiger partial charge in [-0.05, 0) is 30.3 Å². The molecule has 0 unspecified atom stereocenters. The molecule has 2 N–H and O–H groups in total. The summed E-state index contributed by atoms with van der Waals surface area (Å²) in [4.78, 5) is 17.9. The molecule has 0 fully saturated rings. The molecule has 0 atom stereocenters. The number of amides is 1. The number of nitrogens with zero attached hydrogens (tertiary/aromatic N) is 2. The van der Waals surface area contributed by atoms with Gasteiger partial charge in [0.2, 0.25) is 5.91 Å². The summed E-state index contributed by atoms with van der Waals surface area (Å²) in [6, 6.07) is 25.7. The maximum atomic E-state index is 12.6. The van der Waals surface area contributed by atoms with Gasteiger partial charge in [-0.2, -0.15) is 0 Å². The van der Waals surface area contributed by atoms with E-state index in [1.54, 1.807) is 11.8 Å². The van der Waals surface area contributed by atoms with Crippen LogP contribution in [0.1, 0.15) is 0 Å². The Kier molecular flexibility index (Phi) is 5.96. The van der Waals surface area contributed by atoms with Crippen LogP contribution in [0.3, 0.4) is 0 Å². The minimum absolute atomic E-state index is 0.136. The highest BCUT2D eigenvalue weighted by atomic mass is 32.2. The van der Waals surface area contributed by atoms with Gasteiger partial charge in [0.15, 0.2) is 0 Å². The number of thioether (sulfide) groups is 1. The average molecular weight is 459 g/mol. The Balaban J connectivity index is 1.23. The maximum absolute atomic E-state index is 12.6. The number of rotatable bonds is 7. The molecule has 0 spiro atoms. The van der Waals surface area contributed by atoms with Gasteiger partial charge in [0.25, 0.3) is 11.1 Å². The van der Waals surface area contributed by atoms with Gasteiger partial charge in [0, 0.05) is 26.9 Å². The third-order valence-corrected chi connectivity index (χ3v) is 6.59. The Labute approximate surface area is 192 Å². The van der Waals surface area contributed by atoms with Gasteiger partial charge in [-0.1, -0.05) is 72.1 Å². The Morgan fingerprint density at radius 2 is 1.72 bits per heavy atom. The summed E-state index contributed by atoms with van der Waals surface area (Å²) in [5.41, 5.74) is 2.62. The number of carbonyl (C=O) groups is 1. The van der Waals surface area contributed by atoms with Gasteiger partial charge >= 0.3 is 0 Å². The van der Waals surface area contributed by atoms with E-state index in [4.69, 9.17) is 4.42 Å². The highest BCUT2D eigenvalue weighted by Crippen LogP contribution is 2.33. The molecule has 8 heteroatoms. The van der Waals surface area contributed by atoms with Crippen LogP contribution in [-0.2, 0) is 4.79 Å². The molecule has 2 aromatic heterocycles. The Bertz CT molecular complexity index is 1360. The van der Waals surface area contributed by atoms with E-state index in [1.165, 1.54) is 11.8 Å². The molecule has 6 nitrogen and oxygen atoms in total. The number of aromatic amines is 1. The summed E-state index contributed by atoms with van der Waals surface area (Å²) in [7, 11) is 0. The fourth-order valence-corrected chi connectivity index (χ4v) is 4.70. The molecule has 1 amide bonds. The van der Waals surface area contributed by atoms with Gasteiger partial charge in [-0.3, -0.25) is 4.79 Å². The lowest BCUT2D eigenvalue weighted by Crippen LogP contribution is -2.14. The predicted octanol–water partition coefficient (Wildman–Crippen LogP) is 6.10. The summed E-state index contributed by atoms with van der Waals surface area (Å²) in [5.74, 6) is 0.456. The van der Waals surface area contributed by atoms with E-state index in [0.29, 0.717) is 11.1 Å². The summed E-state index contributed by atoms with van der Waals surface area (Å²) in [6.07, 6.45) is 1.85. The van der Waals surface area contributed by atoms with E-state index in [0.717, 1.165) is 31.9 Å². The number of nitrogens with one attached hydrogen (secondary N) is 2. The zero-order chi connectivity index (χ0) is 21.8. The zero-order valence-corrected chi connectivity index (χ0v) is 18.5. The van der Waals surface area contributed by atoms with Crippen molar-refractivity contribution in [3.05, 3.63) is 85.1 Å². The highest BCUT2D eigenvalue weighted by molar-refractivity contribution is 8.00. The molecule has 0 aliphatic heterocycles. The first-order chi connectivity index (χ1) is 15.8. The average Bonchev–Trinajstić information content (AvgIpc) is 3.46. The zero-order valence-electron chi connectivity index (χ0n) is 16.8. The summed E-state index contributed by atoms with van der Waals surface area (Å²) < 4.78 is 5.78. The van der Waals surface area contributed by atoms with Gasteiger partial charge < -0.3 is 14.7 Å². The van der Waals surface area contributed by atoms with Crippen molar-refractivity contribution in [3.63, 3.8) is 0 Å². The van der Waals surface area contributed by atoms with Crippen molar-refractivity contribution in [2.24, 2.45) is 0 Å². The Morgan fingerprint density at radius 3 is 2.62 bits per heavy atom. The van der Waals surface area contributed by atoms with Gasteiger partial charge in [0.05, 0.1) is 17.0 Å². The van der Waals surface area contributed by atoms with Crippen molar-refractivity contribution < 1.29 is 9.21 Å². The summed E-state index contributed by atoms with van der Waals surface area (Å²) in [6.45, 7) is 0. The van der Waals surface area contributed by atoms with Crippen molar-refractivity contribution in [2.45, 2.75) is 15.0 Å². The second kappa shape index (κ2) is 9.33. The van der Waals surface area contributed by atoms with Crippen molar-refractivity contribution in [3.8, 4) is 11.5 Å². The first kappa shape index (κ1) is 20.4. The van der Waals surface area contributed by atoms with E-state index >= 15 is 0 Å². The molecule has 3 aromatic carbocycles. The fourth-order valence-electron chi connectivity index (χ4n) is 3.21. The fraction of sp³-hybridized carbons (Fsp3) is 0.0417. The Morgan fingerprint density at radius 1 is 0.938 bits per heavy atom. The molecule has 2 heterocycles. The number of carbonyl (C=O) groups excluding carboxylic acids is 1. The SMILES string of the molecule is O=C(CSc1nnc(-c2c[nH]c3ccccc23)o1)Nc1ccccc1Sc1ccccc1. The molecular formula is C24H18N4O2S2. The van der Waals surface area contributed by atoms with Crippen LogP contribution in [0.15, 0.2) is 104 Å². The summed E-state index contributed by atoms with van der Waals surface area (Å²) >= 11 is 2.82. The van der Waals surface area contributed by atoms with Crippen LogP contribution in [0.2, 0.25) is 0 Å². The predicted molar refractivity (Wildman–Crippen MR) is 128 cm³/mol. The first-order valence-electron chi connectivity index (χ1n) is 9.91. The number of H-pyrrole nitrogens is 1. The third kappa shape index (κ3) is 4.56. The Hall–Kier alpha value is -3.49. The highest BCUT2D eigenvalue weighted by Gasteiger charge is 2.15. The molecule has 0 bridgehead atoms. The van der Waals surface area contributed by atoms with Crippen LogP contribution in [0, 0.1) is 0 Å². The number of benzene rings is 3. The largest absolute Gasteiger partial charge is 0.411 e. The number of aromatic nitrogens is 3. The number of para-hydroxylation sites is 2. The van der Waals surface area contributed by atoms with E-state index in [1.807, 2.05) is 85.1 Å². The van der Waals surface area contributed by atoms with E-state index in [9.17, 15) is 4.79 Å². The number of fused-ring (bicyclic) bond motifs is 1.